The van der Waals surface area contributed by atoms with Crippen molar-refractivity contribution in [2.45, 2.75) is 50.6 Å². The topological polar surface area (TPSA) is 265 Å². The van der Waals surface area contributed by atoms with Gasteiger partial charge in [0.1, 0.15) is 24.1 Å². The smallest absolute Gasteiger partial charge is 0.382 e. The molecule has 1 saturated heterocycles. The van der Waals surface area contributed by atoms with Crippen molar-refractivity contribution in [2.24, 2.45) is 5.73 Å². The van der Waals surface area contributed by atoms with Crippen molar-refractivity contribution >= 4 is 50.9 Å². The van der Waals surface area contributed by atoms with Crippen molar-refractivity contribution in [1.29, 1.82) is 0 Å². The lowest BCUT2D eigenvalue weighted by Crippen LogP contribution is -2.28. The van der Waals surface area contributed by atoms with Gasteiger partial charge in [0.05, 0.1) is 12.1 Å². The molecule has 0 radical (unpaired) electrons. The second kappa shape index (κ2) is 13.3. The van der Waals surface area contributed by atoms with Crippen LogP contribution >= 0.6 is 45.1 Å². The number of aromatic nitrogens is 2. The third-order valence-electron chi connectivity index (χ3n) is 3.94. The summed E-state index contributed by atoms with van der Waals surface area (Å²) in [5.74, 6) is 5.06. The van der Waals surface area contributed by atoms with Crippen LogP contribution in [0.15, 0.2) is 11.0 Å². The van der Waals surface area contributed by atoms with Crippen LogP contribution in [0.25, 0.3) is 0 Å². The van der Waals surface area contributed by atoms with E-state index in [9.17, 15) is 28.3 Å². The van der Waals surface area contributed by atoms with Crippen molar-refractivity contribution in [3.05, 3.63) is 22.2 Å². The minimum Gasteiger partial charge on any atom is -0.382 e. The molecule has 2 rings (SSSR count). The lowest BCUT2D eigenvalue weighted by molar-refractivity contribution is -0.141. The van der Waals surface area contributed by atoms with Gasteiger partial charge in [0.2, 0.25) is 0 Å². The van der Waals surface area contributed by atoms with Crippen LogP contribution in [0.3, 0.4) is 0 Å². The summed E-state index contributed by atoms with van der Waals surface area (Å²) in [6.45, 7) is 5.89. The quantitative estimate of drug-likeness (QED) is 0.0653. The van der Waals surface area contributed by atoms with E-state index in [1.165, 1.54) is 27.8 Å². The normalized spacial score (nSPS) is 23.3. The number of ether oxygens (including phenoxy) is 2. The maximum atomic E-state index is 12.5. The number of nitrogen functional groups attached to an aromatic ring is 1. The molecule has 1 fully saturated rings. The summed E-state index contributed by atoms with van der Waals surface area (Å²) in [5, 5.41) is 0. The van der Waals surface area contributed by atoms with E-state index < -0.39 is 47.8 Å². The van der Waals surface area contributed by atoms with Crippen LogP contribution in [0, 0.1) is 11.8 Å². The molecule has 1 aromatic heterocycles. The molecule has 0 amide bonds. The zero-order valence-electron chi connectivity index (χ0n) is 20.1. The first-order chi connectivity index (χ1) is 17.3. The van der Waals surface area contributed by atoms with Gasteiger partial charge in [0, 0.05) is 17.4 Å². The van der Waals surface area contributed by atoms with Crippen LogP contribution < -0.4 is 17.2 Å². The molecular formula is C16H27N4O13P3S2. The molecule has 1 aliphatic rings. The lowest BCUT2D eigenvalue weighted by atomic mass is 10.2. The number of nitrogens with two attached hydrogens (primary N) is 2. The van der Waals surface area contributed by atoms with E-state index in [0.717, 1.165) is 4.57 Å². The number of phosphoric acid groups is 3. The van der Waals surface area contributed by atoms with Crippen molar-refractivity contribution < 1.29 is 55.9 Å². The monoisotopic (exact) mass is 640 g/mol. The molecule has 3 unspecified atom stereocenters. The predicted molar refractivity (Wildman–Crippen MR) is 137 cm³/mol. The molecule has 17 nitrogen and oxygen atoms in total. The van der Waals surface area contributed by atoms with Gasteiger partial charge in [-0.05, 0) is 0 Å². The van der Waals surface area contributed by atoms with Gasteiger partial charge in [-0.25, -0.2) is 18.5 Å². The van der Waals surface area contributed by atoms with Gasteiger partial charge in [-0.1, -0.05) is 54.2 Å². The Balaban J connectivity index is 2.29. The second-order valence-electron chi connectivity index (χ2n) is 8.26. The number of hydrogen-bond donors (Lipinski definition) is 6. The van der Waals surface area contributed by atoms with Gasteiger partial charge in [0.15, 0.2) is 6.29 Å². The summed E-state index contributed by atoms with van der Waals surface area (Å²) >= 11 is 0. The zero-order valence-corrected chi connectivity index (χ0v) is 24.4. The lowest BCUT2D eigenvalue weighted by Gasteiger charge is -2.23. The Kier molecular flexibility index (Phi) is 11.7. The van der Waals surface area contributed by atoms with Gasteiger partial charge in [-0.2, -0.15) is 13.6 Å². The third-order valence-corrected chi connectivity index (χ3v) is 10.7. The standard InChI is InChI=1S/C16H27N4O13P3S2/c1-16(2,3)38-37-9-29-11-7-12(20-8-10(5-4-6-17)13(18)19-15(20)21)30-14(11)31-35(25,26)33-36(27,28)32-34(22,23)24/h8,11-12,14H,6-7,9,17H2,1-3H3,(H,25,26)(H,27,28)(H2,18,19,21)(H2,22,23,24)/t11?,12-,14-/m1/s1. The molecule has 0 spiro atoms. The summed E-state index contributed by atoms with van der Waals surface area (Å²) in [4.78, 5) is 52.9. The number of nitrogens with zero attached hydrogens (tertiary/aromatic N) is 2. The molecule has 0 aromatic carbocycles. The molecule has 1 aliphatic heterocycles. The maximum absolute atomic E-state index is 12.5. The molecule has 2 heterocycles. The van der Waals surface area contributed by atoms with Crippen LogP contribution in [0.2, 0.25) is 0 Å². The summed E-state index contributed by atoms with van der Waals surface area (Å²) in [5.41, 5.74) is 10.4. The maximum Gasteiger partial charge on any atom is 0.490 e. The van der Waals surface area contributed by atoms with E-state index in [1.807, 2.05) is 20.8 Å². The first kappa shape index (κ1) is 33.4. The summed E-state index contributed by atoms with van der Waals surface area (Å²) < 4.78 is 59.3. The summed E-state index contributed by atoms with van der Waals surface area (Å²) in [6.07, 6.45) is -3.02. The Bertz CT molecular complexity index is 1260. The Morgan fingerprint density at radius 3 is 2.45 bits per heavy atom. The highest BCUT2D eigenvalue weighted by atomic mass is 33.1. The Morgan fingerprint density at radius 2 is 1.87 bits per heavy atom. The molecule has 0 aliphatic carbocycles. The zero-order chi connectivity index (χ0) is 28.9. The Hall–Kier alpha value is -0.770. The van der Waals surface area contributed by atoms with E-state index in [-0.39, 0.29) is 35.0 Å². The Labute approximate surface area is 224 Å². The second-order valence-corrected chi connectivity index (χ2v) is 15.7. The van der Waals surface area contributed by atoms with Crippen molar-refractivity contribution in [1.82, 2.24) is 9.55 Å². The first-order valence-corrected chi connectivity index (χ1v) is 17.1. The molecule has 0 saturated carbocycles. The molecule has 38 heavy (non-hydrogen) atoms. The van der Waals surface area contributed by atoms with E-state index >= 15 is 0 Å². The summed E-state index contributed by atoms with van der Waals surface area (Å²) in [7, 11) is -14.2. The molecule has 1 aromatic rings. The molecule has 5 atom stereocenters. The van der Waals surface area contributed by atoms with E-state index in [0.29, 0.717) is 0 Å². The van der Waals surface area contributed by atoms with Crippen LogP contribution in [0.1, 0.15) is 39.0 Å². The number of rotatable bonds is 11. The molecular weight excluding hydrogens is 613 g/mol. The first-order valence-electron chi connectivity index (χ1n) is 10.3. The van der Waals surface area contributed by atoms with Crippen LogP contribution in [0.4, 0.5) is 5.82 Å². The van der Waals surface area contributed by atoms with Gasteiger partial charge in [-0.3, -0.25) is 9.09 Å². The van der Waals surface area contributed by atoms with Crippen LogP contribution in [-0.4, -0.2) is 58.7 Å². The highest BCUT2D eigenvalue weighted by Crippen LogP contribution is 2.67. The number of phosphoric ester groups is 1. The fourth-order valence-electron chi connectivity index (χ4n) is 2.70. The van der Waals surface area contributed by atoms with Crippen LogP contribution in [0.5, 0.6) is 0 Å². The molecule has 0 bridgehead atoms. The van der Waals surface area contributed by atoms with E-state index in [1.54, 1.807) is 0 Å². The Morgan fingerprint density at radius 1 is 1.21 bits per heavy atom. The third kappa shape index (κ3) is 11.4. The summed E-state index contributed by atoms with van der Waals surface area (Å²) in [6, 6.07) is 0. The molecule has 8 N–H and O–H groups in total. The van der Waals surface area contributed by atoms with Crippen molar-refractivity contribution in [3.63, 3.8) is 0 Å². The van der Waals surface area contributed by atoms with E-state index in [4.69, 9.17) is 35.3 Å². The SMILES string of the molecule is CC(C)(C)SSCOC1C[C@H](n2cc(C#CCN)c(N)nc2=O)O[C@@H]1OP(=O)(O)OP(=O)(O)OP(=O)(O)O. The number of hydrogen-bond acceptors (Lipinski definition) is 14. The predicted octanol–water partition coefficient (Wildman–Crippen LogP) is 1.25. The highest BCUT2D eigenvalue weighted by Gasteiger charge is 2.47. The molecule has 22 heteroatoms. The van der Waals surface area contributed by atoms with Crippen molar-refractivity contribution in [3.8, 4) is 11.8 Å². The minimum absolute atomic E-state index is 0.000791. The van der Waals surface area contributed by atoms with Gasteiger partial charge >= 0.3 is 29.2 Å². The molecule has 216 valence electrons. The largest absolute Gasteiger partial charge is 0.490 e. The highest BCUT2D eigenvalue weighted by molar-refractivity contribution is 8.77. The van der Waals surface area contributed by atoms with Gasteiger partial charge < -0.3 is 40.5 Å². The average molecular weight is 640 g/mol. The van der Waals surface area contributed by atoms with Crippen molar-refractivity contribution in [2.75, 3.05) is 18.2 Å². The minimum atomic E-state index is -5.77. The fourth-order valence-corrected chi connectivity index (χ4v) is 7.81. The fraction of sp³-hybridized carbons (Fsp3) is 0.625. The average Bonchev–Trinajstić information content (AvgIpc) is 3.08. The van der Waals surface area contributed by atoms with Gasteiger partial charge in [0.25, 0.3) is 0 Å². The number of anilines is 1. The van der Waals surface area contributed by atoms with E-state index in [2.05, 4.69) is 25.4 Å². The van der Waals surface area contributed by atoms with Crippen LogP contribution in [-0.2, 0) is 36.3 Å². The van der Waals surface area contributed by atoms with Gasteiger partial charge in [-0.15, -0.1) is 0 Å².